The van der Waals surface area contributed by atoms with E-state index in [0.29, 0.717) is 6.61 Å². The van der Waals surface area contributed by atoms with Gasteiger partial charge in [0.15, 0.2) is 5.79 Å². The summed E-state index contributed by atoms with van der Waals surface area (Å²) in [6, 6.07) is 0. The zero-order valence-corrected chi connectivity index (χ0v) is 33.9. The summed E-state index contributed by atoms with van der Waals surface area (Å²) in [6.07, 6.45) is 53.1. The summed E-state index contributed by atoms with van der Waals surface area (Å²) in [5.41, 5.74) is 1.01. The molecule has 1 aromatic rings. The van der Waals surface area contributed by atoms with Crippen LogP contribution in [0, 0.1) is 0 Å². The van der Waals surface area contributed by atoms with Gasteiger partial charge in [0.1, 0.15) is 0 Å². The Morgan fingerprint density at radius 3 is 1.63 bits per heavy atom. The lowest BCUT2D eigenvalue weighted by Gasteiger charge is -2.28. The Hall–Kier alpha value is -2.02. The first-order chi connectivity index (χ1) is 25.1. The van der Waals surface area contributed by atoms with Gasteiger partial charge in [-0.1, -0.05) is 138 Å². The second-order valence-corrected chi connectivity index (χ2v) is 15.3. The molecule has 1 saturated heterocycles. The van der Waals surface area contributed by atoms with Gasteiger partial charge in [0.2, 0.25) is 0 Å². The van der Waals surface area contributed by atoms with Crippen LogP contribution in [0.2, 0.25) is 0 Å². The van der Waals surface area contributed by atoms with Gasteiger partial charge in [-0.15, -0.1) is 5.10 Å². The van der Waals surface area contributed by atoms with Crippen LogP contribution in [0.4, 0.5) is 0 Å². The lowest BCUT2D eigenvalue weighted by molar-refractivity contribution is -0.180. The van der Waals surface area contributed by atoms with E-state index in [2.05, 4.69) is 98.0 Å². The van der Waals surface area contributed by atoms with Gasteiger partial charge < -0.3 is 14.4 Å². The normalized spacial score (nSPS) is 18.3. The molecule has 1 aliphatic heterocycles. The topological polar surface area (TPSA) is 52.4 Å². The molecule has 1 aliphatic rings. The number of aryl methyl sites for hydroxylation is 1. The Balaban J connectivity index is 1.65. The molecule has 1 aromatic heterocycles. The summed E-state index contributed by atoms with van der Waals surface area (Å²) in [4.78, 5) is 2.12. The molecule has 0 saturated carbocycles. The van der Waals surface area contributed by atoms with Crippen molar-refractivity contribution in [2.75, 3.05) is 20.7 Å². The molecule has 0 N–H and O–H groups in total. The molecule has 0 spiro atoms. The van der Waals surface area contributed by atoms with E-state index in [1.165, 1.54) is 135 Å². The van der Waals surface area contributed by atoms with Gasteiger partial charge in [0.05, 0.1) is 18.4 Å². The molecule has 2 atom stereocenters. The monoisotopic (exact) mass is 709 g/mol. The fraction of sp³-hybridized carbons (Fsp3) is 0.778. The Morgan fingerprint density at radius 1 is 0.667 bits per heavy atom. The molecule has 1 fully saturated rings. The van der Waals surface area contributed by atoms with Crippen LogP contribution >= 0.6 is 0 Å². The lowest BCUT2D eigenvalue weighted by Crippen LogP contribution is -2.31. The number of rotatable bonds is 34. The third-order valence-corrected chi connectivity index (χ3v) is 9.92. The molecule has 0 amide bonds. The molecule has 2 unspecified atom stereocenters. The van der Waals surface area contributed by atoms with Gasteiger partial charge in [-0.05, 0) is 97.6 Å². The van der Waals surface area contributed by atoms with Crippen molar-refractivity contribution in [3.05, 3.63) is 60.5 Å². The van der Waals surface area contributed by atoms with E-state index in [-0.39, 0.29) is 6.10 Å². The Labute approximate surface area is 315 Å². The van der Waals surface area contributed by atoms with E-state index in [0.717, 1.165) is 50.9 Å². The van der Waals surface area contributed by atoms with E-state index < -0.39 is 5.79 Å². The maximum Gasteiger partial charge on any atom is 0.168 e. The van der Waals surface area contributed by atoms with Crippen LogP contribution in [0.3, 0.4) is 0 Å². The molecule has 6 nitrogen and oxygen atoms in total. The number of hydrogen-bond acceptors (Lipinski definition) is 5. The summed E-state index contributed by atoms with van der Waals surface area (Å²) in [6.45, 7) is 6.86. The van der Waals surface area contributed by atoms with Gasteiger partial charge in [0.25, 0.3) is 0 Å². The van der Waals surface area contributed by atoms with E-state index in [1.54, 1.807) is 0 Å². The van der Waals surface area contributed by atoms with Crippen molar-refractivity contribution in [2.24, 2.45) is 0 Å². The number of allylic oxidation sites excluding steroid dienone is 8. The van der Waals surface area contributed by atoms with Gasteiger partial charge in [-0.2, -0.15) is 0 Å². The van der Waals surface area contributed by atoms with Crippen molar-refractivity contribution in [2.45, 2.75) is 206 Å². The highest BCUT2D eigenvalue weighted by Gasteiger charge is 2.40. The Bertz CT molecular complexity index is 1040. The summed E-state index contributed by atoms with van der Waals surface area (Å²) < 4.78 is 15.3. The fourth-order valence-corrected chi connectivity index (χ4v) is 6.85. The molecule has 0 radical (unpaired) electrons. The van der Waals surface area contributed by atoms with Gasteiger partial charge in [0, 0.05) is 32.1 Å². The van der Waals surface area contributed by atoms with Crippen LogP contribution in [-0.2, 0) is 22.6 Å². The second-order valence-electron chi connectivity index (χ2n) is 15.3. The first-order valence-electron chi connectivity index (χ1n) is 21.5. The first kappa shape index (κ1) is 45.1. The second kappa shape index (κ2) is 31.5. The van der Waals surface area contributed by atoms with Crippen LogP contribution in [0.1, 0.15) is 186 Å². The maximum absolute atomic E-state index is 6.77. The summed E-state index contributed by atoms with van der Waals surface area (Å²) in [5.74, 6) is -0.398. The molecular weight excluding hydrogens is 629 g/mol. The number of hydrogen-bond donors (Lipinski definition) is 0. The van der Waals surface area contributed by atoms with Crippen LogP contribution in [0.5, 0.6) is 0 Å². The number of ether oxygens (including phenoxy) is 2. The van der Waals surface area contributed by atoms with Crippen LogP contribution in [0.25, 0.3) is 0 Å². The van der Waals surface area contributed by atoms with E-state index in [9.17, 15) is 0 Å². The van der Waals surface area contributed by atoms with Crippen molar-refractivity contribution in [3.63, 3.8) is 0 Å². The highest BCUT2D eigenvalue weighted by atomic mass is 16.7. The minimum absolute atomic E-state index is 0.133. The molecule has 2 heterocycles. The number of aromatic nitrogens is 3. The summed E-state index contributed by atoms with van der Waals surface area (Å²) >= 11 is 0. The van der Waals surface area contributed by atoms with Crippen molar-refractivity contribution < 1.29 is 9.47 Å². The Morgan fingerprint density at radius 2 is 1.14 bits per heavy atom. The minimum atomic E-state index is -0.398. The molecule has 0 aliphatic carbocycles. The van der Waals surface area contributed by atoms with Crippen LogP contribution < -0.4 is 0 Å². The maximum atomic E-state index is 6.77. The van der Waals surface area contributed by atoms with Gasteiger partial charge >= 0.3 is 0 Å². The minimum Gasteiger partial charge on any atom is -0.347 e. The molecule has 51 heavy (non-hydrogen) atoms. The molecule has 0 bridgehead atoms. The molecule has 0 aromatic carbocycles. The van der Waals surface area contributed by atoms with Gasteiger partial charge in [-0.25, -0.2) is 0 Å². The largest absolute Gasteiger partial charge is 0.347 e. The van der Waals surface area contributed by atoms with Crippen molar-refractivity contribution >= 4 is 0 Å². The van der Waals surface area contributed by atoms with Gasteiger partial charge in [-0.3, -0.25) is 4.68 Å². The average molecular weight is 709 g/mol. The Kier molecular flexibility index (Phi) is 27.9. The number of nitrogens with zero attached hydrogens (tertiary/aromatic N) is 4. The van der Waals surface area contributed by atoms with E-state index in [1.807, 2.05) is 4.68 Å². The highest BCUT2D eigenvalue weighted by Crippen LogP contribution is 2.35. The average Bonchev–Trinajstić information content (AvgIpc) is 3.75. The molecular formula is C45H80N4O2. The SMILES string of the molecule is CCCCC/C=C\C/C=C\CCCCCCCCC1(CCCCCCC/C=C/C/C=C\CCCCC)OCC(CCn2cc(CN(C)C)nn2)O1. The van der Waals surface area contributed by atoms with Crippen molar-refractivity contribution in [1.82, 2.24) is 19.9 Å². The van der Waals surface area contributed by atoms with Crippen molar-refractivity contribution in [3.8, 4) is 0 Å². The predicted octanol–water partition coefficient (Wildman–Crippen LogP) is 12.9. The van der Waals surface area contributed by atoms with Crippen LogP contribution in [-0.4, -0.2) is 52.5 Å². The third kappa shape index (κ3) is 24.8. The number of unbranched alkanes of at least 4 members (excludes halogenated alkanes) is 17. The molecule has 292 valence electrons. The fourth-order valence-electron chi connectivity index (χ4n) is 6.85. The predicted molar refractivity (Wildman–Crippen MR) is 219 cm³/mol. The van der Waals surface area contributed by atoms with E-state index in [4.69, 9.17) is 9.47 Å². The highest BCUT2D eigenvalue weighted by molar-refractivity contribution is 4.94. The smallest absolute Gasteiger partial charge is 0.168 e. The van der Waals surface area contributed by atoms with E-state index >= 15 is 0 Å². The van der Waals surface area contributed by atoms with Crippen LogP contribution in [0.15, 0.2) is 54.8 Å². The quantitative estimate of drug-likeness (QED) is 0.0527. The first-order valence-corrected chi connectivity index (χ1v) is 21.5. The standard InChI is InChI=1S/C45H80N4O2/c1-5-7-9-11-13-15-17-19-21-23-25-27-29-31-33-35-38-45(37-34-32-30-28-26-24-22-20-18-16-14-12-10-8-6-2)50-42-44(51-45)36-39-49-41-43(46-47-49)40-48(3)4/h13-16,19-22,41,44H,5-12,17-18,23-40,42H2,1-4H3/b15-13-,16-14-,21-19-,22-20+. The summed E-state index contributed by atoms with van der Waals surface area (Å²) in [5, 5.41) is 8.67. The van der Waals surface area contributed by atoms with Crippen molar-refractivity contribution in [1.29, 1.82) is 0 Å². The summed E-state index contributed by atoms with van der Waals surface area (Å²) in [7, 11) is 4.12. The zero-order valence-electron chi connectivity index (χ0n) is 33.9. The lowest BCUT2D eigenvalue weighted by atomic mass is 9.98. The molecule has 2 rings (SSSR count). The molecule has 6 heteroatoms. The third-order valence-electron chi connectivity index (χ3n) is 9.92. The zero-order chi connectivity index (χ0) is 36.5.